The van der Waals surface area contributed by atoms with Crippen LogP contribution in [0.2, 0.25) is 0 Å². The van der Waals surface area contributed by atoms with E-state index in [1.54, 1.807) is 13.0 Å². The molecule has 0 radical (unpaired) electrons. The third kappa shape index (κ3) is 3.55. The summed E-state index contributed by atoms with van der Waals surface area (Å²) in [4.78, 5) is 0. The van der Waals surface area contributed by atoms with Gasteiger partial charge in [-0.15, -0.1) is 0 Å². The first-order chi connectivity index (χ1) is 14.9. The Morgan fingerprint density at radius 2 is 1.74 bits per heavy atom. The molecule has 4 N–H and O–H groups in total. The lowest BCUT2D eigenvalue weighted by Crippen LogP contribution is -2.56. The second kappa shape index (κ2) is 8.48. The molecule has 2 aromatic carbocycles. The highest BCUT2D eigenvalue weighted by molar-refractivity contribution is 7.71. The Morgan fingerprint density at radius 3 is 2.45 bits per heavy atom. The maximum Gasteiger partial charge on any atom is 0.164 e. The van der Waals surface area contributed by atoms with E-state index in [-0.39, 0.29) is 10.2 Å². The zero-order valence-electron chi connectivity index (χ0n) is 16.7. The van der Waals surface area contributed by atoms with Gasteiger partial charge in [0, 0.05) is 11.3 Å². The molecule has 0 bridgehead atoms. The van der Waals surface area contributed by atoms with Crippen LogP contribution in [0.15, 0.2) is 48.5 Å². The van der Waals surface area contributed by atoms with Gasteiger partial charge in [0.25, 0.3) is 0 Å². The average Bonchev–Trinajstić information content (AvgIpc) is 2.78. The van der Waals surface area contributed by atoms with Crippen LogP contribution >= 0.6 is 12.2 Å². The standard InChI is InChI=1S/C23H22N2O5S/c1-12-9-16(15-8-4-6-13-5-2-3-7-14(13)15)17(10-24)23(31)25(12)22-21(29)20(28)19(27)18(11-26)30-22/h2-9,18-22,26-29H,11H2,1H3/t18-,19+,20+,21+,22-/m0/s1. The molecular weight excluding hydrogens is 416 g/mol. The molecule has 8 heteroatoms. The number of hydrogen-bond acceptors (Lipinski definition) is 7. The van der Waals surface area contributed by atoms with Crippen LogP contribution in [-0.4, -0.2) is 56.0 Å². The van der Waals surface area contributed by atoms with Crippen LogP contribution < -0.4 is 0 Å². The van der Waals surface area contributed by atoms with Gasteiger partial charge in [0.2, 0.25) is 0 Å². The lowest BCUT2D eigenvalue weighted by molar-refractivity contribution is -0.252. The van der Waals surface area contributed by atoms with Gasteiger partial charge in [0.05, 0.1) is 12.2 Å². The summed E-state index contributed by atoms with van der Waals surface area (Å²) in [5, 5.41) is 52.2. The largest absolute Gasteiger partial charge is 0.394 e. The Bertz CT molecular complexity index is 1230. The summed E-state index contributed by atoms with van der Waals surface area (Å²) in [5.74, 6) is 0. The molecule has 5 atom stereocenters. The number of benzene rings is 2. The van der Waals surface area contributed by atoms with E-state index in [0.717, 1.165) is 16.3 Å². The Morgan fingerprint density at radius 1 is 1.03 bits per heavy atom. The van der Waals surface area contributed by atoms with Gasteiger partial charge in [-0.3, -0.25) is 0 Å². The van der Waals surface area contributed by atoms with Crippen LogP contribution in [0.25, 0.3) is 21.9 Å². The fourth-order valence-corrected chi connectivity index (χ4v) is 4.54. The minimum Gasteiger partial charge on any atom is -0.394 e. The summed E-state index contributed by atoms with van der Waals surface area (Å²) in [7, 11) is 0. The number of aromatic nitrogens is 1. The van der Waals surface area contributed by atoms with Crippen molar-refractivity contribution in [3.05, 3.63) is 64.4 Å². The summed E-state index contributed by atoms with van der Waals surface area (Å²) >= 11 is 5.61. The van der Waals surface area contributed by atoms with Gasteiger partial charge in [-0.25, -0.2) is 0 Å². The van der Waals surface area contributed by atoms with Crippen molar-refractivity contribution in [3.8, 4) is 17.2 Å². The van der Waals surface area contributed by atoms with E-state index in [9.17, 15) is 25.7 Å². The lowest BCUT2D eigenvalue weighted by Gasteiger charge is -2.41. The van der Waals surface area contributed by atoms with Gasteiger partial charge in [0.15, 0.2) is 6.23 Å². The molecule has 1 fully saturated rings. The van der Waals surface area contributed by atoms with Crippen molar-refractivity contribution >= 4 is 23.0 Å². The second-order valence-corrected chi connectivity index (χ2v) is 7.99. The van der Waals surface area contributed by atoms with Crippen LogP contribution in [0.5, 0.6) is 0 Å². The molecule has 4 rings (SSSR count). The molecule has 3 aromatic rings. The molecule has 1 aliphatic rings. The molecule has 0 spiro atoms. The van der Waals surface area contributed by atoms with E-state index < -0.39 is 37.3 Å². The quantitative estimate of drug-likeness (QED) is 0.463. The third-order valence-corrected chi connectivity index (χ3v) is 6.15. The third-order valence-electron chi connectivity index (χ3n) is 5.75. The maximum atomic E-state index is 10.5. The van der Waals surface area contributed by atoms with Crippen molar-refractivity contribution in [3.63, 3.8) is 0 Å². The Hall–Kier alpha value is -2.64. The highest BCUT2D eigenvalue weighted by Gasteiger charge is 2.44. The van der Waals surface area contributed by atoms with Gasteiger partial charge in [-0.2, -0.15) is 5.26 Å². The van der Waals surface area contributed by atoms with E-state index in [1.165, 1.54) is 4.57 Å². The van der Waals surface area contributed by atoms with Gasteiger partial charge in [-0.05, 0) is 29.3 Å². The number of aryl methyl sites for hydroxylation is 1. The minimum atomic E-state index is -1.54. The molecule has 1 aliphatic heterocycles. The fraction of sp³-hybridized carbons (Fsp3) is 0.304. The highest BCUT2D eigenvalue weighted by Crippen LogP contribution is 2.35. The summed E-state index contributed by atoms with van der Waals surface area (Å²) in [6.07, 6.45) is -6.76. The van der Waals surface area contributed by atoms with Gasteiger partial charge < -0.3 is 29.7 Å². The van der Waals surface area contributed by atoms with E-state index >= 15 is 0 Å². The molecule has 31 heavy (non-hydrogen) atoms. The summed E-state index contributed by atoms with van der Waals surface area (Å²) in [6, 6.07) is 17.6. The van der Waals surface area contributed by atoms with Gasteiger partial charge >= 0.3 is 0 Å². The second-order valence-electron chi connectivity index (χ2n) is 7.61. The van der Waals surface area contributed by atoms with Crippen LogP contribution in [0.1, 0.15) is 17.5 Å². The first-order valence-electron chi connectivity index (χ1n) is 9.84. The first kappa shape index (κ1) is 21.6. The van der Waals surface area contributed by atoms with Crippen molar-refractivity contribution in [1.82, 2.24) is 4.57 Å². The summed E-state index contributed by atoms with van der Waals surface area (Å²) in [5.41, 5.74) is 2.33. The Kier molecular flexibility index (Phi) is 5.90. The first-order valence-corrected chi connectivity index (χ1v) is 10.2. The number of ether oxygens (including phenoxy) is 1. The van der Waals surface area contributed by atoms with E-state index in [1.807, 2.05) is 42.5 Å². The van der Waals surface area contributed by atoms with Crippen molar-refractivity contribution < 1.29 is 25.2 Å². The Labute approximate surface area is 184 Å². The molecule has 1 saturated heterocycles. The number of nitrogens with zero attached hydrogens (tertiary/aromatic N) is 2. The summed E-state index contributed by atoms with van der Waals surface area (Å²) in [6.45, 7) is 1.21. The predicted molar refractivity (Wildman–Crippen MR) is 117 cm³/mol. The molecule has 0 saturated carbocycles. The molecule has 0 unspecified atom stereocenters. The molecule has 160 valence electrons. The van der Waals surface area contributed by atoms with Gasteiger partial charge in [0.1, 0.15) is 35.1 Å². The number of rotatable bonds is 3. The van der Waals surface area contributed by atoms with E-state index in [0.29, 0.717) is 11.3 Å². The number of fused-ring (bicyclic) bond motifs is 1. The number of aliphatic hydroxyl groups is 4. The molecule has 1 aromatic heterocycles. The smallest absolute Gasteiger partial charge is 0.164 e. The SMILES string of the molecule is Cc1cc(-c2cccc3ccccc23)c(C#N)c(=S)n1[C@H]1O[C@@H](CO)[C@@H](O)[C@@H](O)[C@H]1O. The Balaban J connectivity index is 1.91. The number of nitriles is 1. The van der Waals surface area contributed by atoms with Crippen molar-refractivity contribution in [2.75, 3.05) is 6.61 Å². The van der Waals surface area contributed by atoms with Crippen LogP contribution in [-0.2, 0) is 4.74 Å². The number of hydrogen-bond donors (Lipinski definition) is 4. The van der Waals surface area contributed by atoms with Crippen molar-refractivity contribution in [2.45, 2.75) is 37.6 Å². The zero-order chi connectivity index (χ0) is 22.3. The van der Waals surface area contributed by atoms with Crippen molar-refractivity contribution in [1.29, 1.82) is 5.26 Å². The maximum absolute atomic E-state index is 10.5. The molecule has 7 nitrogen and oxygen atoms in total. The fourth-order valence-electron chi connectivity index (χ4n) is 4.14. The monoisotopic (exact) mass is 438 g/mol. The van der Waals surface area contributed by atoms with Crippen LogP contribution in [0.3, 0.4) is 0 Å². The number of aliphatic hydroxyl groups excluding tert-OH is 4. The van der Waals surface area contributed by atoms with Crippen molar-refractivity contribution in [2.24, 2.45) is 0 Å². The molecular formula is C23H22N2O5S. The van der Waals surface area contributed by atoms with Crippen LogP contribution in [0, 0.1) is 22.9 Å². The zero-order valence-corrected chi connectivity index (χ0v) is 17.5. The topological polar surface area (TPSA) is 119 Å². The minimum absolute atomic E-state index is 0.134. The van der Waals surface area contributed by atoms with Crippen LogP contribution in [0.4, 0.5) is 0 Å². The normalized spacial score (nSPS) is 26.0. The number of pyridine rings is 1. The molecule has 0 aliphatic carbocycles. The van der Waals surface area contributed by atoms with E-state index in [2.05, 4.69) is 6.07 Å². The molecule has 2 heterocycles. The predicted octanol–water partition coefficient (Wildman–Crippen LogP) is 2.19. The van der Waals surface area contributed by atoms with E-state index in [4.69, 9.17) is 17.0 Å². The lowest BCUT2D eigenvalue weighted by atomic mass is 9.94. The summed E-state index contributed by atoms with van der Waals surface area (Å²) < 4.78 is 7.25. The highest BCUT2D eigenvalue weighted by atomic mass is 32.1. The average molecular weight is 439 g/mol. The molecule has 0 amide bonds. The van der Waals surface area contributed by atoms with Gasteiger partial charge in [-0.1, -0.05) is 54.7 Å².